The van der Waals surface area contributed by atoms with Crippen LogP contribution in [0.25, 0.3) is 11.1 Å². The lowest BCUT2D eigenvalue weighted by Crippen LogP contribution is -2.32. The van der Waals surface area contributed by atoms with Crippen molar-refractivity contribution in [2.75, 3.05) is 26.3 Å². The largest absolute Gasteiger partial charge is 0.491 e. The second-order valence-electron chi connectivity index (χ2n) is 7.89. The number of carbonyl (C=O) groups is 1. The number of carbonyl (C=O) groups excluding carboxylic acids is 1. The van der Waals surface area contributed by atoms with Gasteiger partial charge in [0.15, 0.2) is 0 Å². The average molecular weight is 486 g/mol. The number of aromatic amines is 1. The van der Waals surface area contributed by atoms with E-state index >= 15 is 0 Å². The number of primary amides is 1. The molecule has 1 aromatic carbocycles. The van der Waals surface area contributed by atoms with Gasteiger partial charge >= 0.3 is 6.18 Å². The van der Waals surface area contributed by atoms with Gasteiger partial charge in [0.1, 0.15) is 29.7 Å². The number of nitrogens with two attached hydrogens (primary N) is 1. The number of hydrogen-bond donors (Lipinski definition) is 2. The number of hydrogen-bond acceptors (Lipinski definition) is 6. The van der Waals surface area contributed by atoms with Crippen molar-refractivity contribution in [3.8, 4) is 16.9 Å². The van der Waals surface area contributed by atoms with Crippen LogP contribution < -0.4 is 16.0 Å². The van der Waals surface area contributed by atoms with Gasteiger partial charge in [0.25, 0.3) is 11.5 Å². The van der Waals surface area contributed by atoms with Gasteiger partial charge in [-0.1, -0.05) is 37.9 Å². The molecule has 2 aromatic rings. The highest BCUT2D eigenvalue weighted by Crippen LogP contribution is 2.35. The smallest absolute Gasteiger partial charge is 0.431 e. The van der Waals surface area contributed by atoms with Gasteiger partial charge in [-0.2, -0.15) is 13.2 Å². The monoisotopic (exact) mass is 485 g/mol. The van der Waals surface area contributed by atoms with Crippen molar-refractivity contribution in [2.24, 2.45) is 5.73 Å². The first kappa shape index (κ1) is 25.1. The number of ether oxygens (including phenoxy) is 2. The Bertz CT molecular complexity index is 1030. The molecule has 1 fully saturated rings. The molecular formula is C22H26F3N3O4S. The molecule has 2 heterocycles. The molecule has 1 aromatic heterocycles. The Morgan fingerprint density at radius 3 is 2.64 bits per heavy atom. The summed E-state index contributed by atoms with van der Waals surface area (Å²) in [5.41, 5.74) is 1.94. The quantitative estimate of drug-likeness (QED) is 0.581. The lowest BCUT2D eigenvalue weighted by atomic mass is 10.0. The number of rotatable bonds is 7. The zero-order valence-electron chi connectivity index (χ0n) is 18.3. The molecule has 3 N–H and O–H groups in total. The second kappa shape index (κ2) is 10.6. The van der Waals surface area contributed by atoms with Crippen LogP contribution in [0.15, 0.2) is 35.1 Å². The predicted octanol–water partition coefficient (Wildman–Crippen LogP) is 3.69. The van der Waals surface area contributed by atoms with Crippen LogP contribution in [0, 0.1) is 0 Å². The van der Waals surface area contributed by atoms with Crippen LogP contribution in [0.4, 0.5) is 13.2 Å². The van der Waals surface area contributed by atoms with Gasteiger partial charge < -0.3 is 20.2 Å². The van der Waals surface area contributed by atoms with Crippen LogP contribution in [-0.4, -0.2) is 52.9 Å². The molecule has 0 saturated carbocycles. The van der Waals surface area contributed by atoms with Crippen molar-refractivity contribution in [1.82, 2.24) is 9.29 Å². The molecule has 1 amide bonds. The second-order valence-corrected chi connectivity index (χ2v) is 9.56. The molecule has 0 aliphatic carbocycles. The molecule has 1 saturated heterocycles. The van der Waals surface area contributed by atoms with Gasteiger partial charge in [0, 0.05) is 30.5 Å². The van der Waals surface area contributed by atoms with E-state index in [9.17, 15) is 22.8 Å². The Hall–Kier alpha value is -2.50. The van der Waals surface area contributed by atoms with E-state index in [4.69, 9.17) is 15.2 Å². The van der Waals surface area contributed by atoms with Crippen LogP contribution in [-0.2, 0) is 10.9 Å². The van der Waals surface area contributed by atoms with Crippen LogP contribution >= 0.6 is 11.9 Å². The normalized spacial score (nSPS) is 17.7. The molecule has 1 aliphatic rings. The fourth-order valence-corrected chi connectivity index (χ4v) is 4.52. The van der Waals surface area contributed by atoms with E-state index in [1.165, 1.54) is 24.3 Å². The van der Waals surface area contributed by atoms with E-state index in [2.05, 4.69) is 18.2 Å². The lowest BCUT2D eigenvalue weighted by Gasteiger charge is -2.24. The van der Waals surface area contributed by atoms with Crippen molar-refractivity contribution in [3.63, 3.8) is 0 Å². The molecule has 0 bridgehead atoms. The average Bonchev–Trinajstić information content (AvgIpc) is 2.96. The van der Waals surface area contributed by atoms with E-state index in [-0.39, 0.29) is 17.2 Å². The maximum atomic E-state index is 13.5. The summed E-state index contributed by atoms with van der Waals surface area (Å²) in [6, 6.07) is 6.78. The van der Waals surface area contributed by atoms with E-state index < -0.39 is 28.9 Å². The molecule has 3 rings (SSSR count). The molecule has 11 heteroatoms. The number of H-pyrrole nitrogens is 1. The standard InChI is InChI=1S/C22H26F3N3O4S/c1-13(2)33-28-8-3-9-31-16(11-28)12-32-15-6-4-14(5-7-15)17-10-18(20(26)29)21(30)27-19(17)22(23,24)25/h4-7,10,13,16H,3,8-9,11-12H2,1-2H3,(H2,26,29)(H,27,30). The van der Waals surface area contributed by atoms with E-state index in [1.807, 2.05) is 0 Å². The minimum atomic E-state index is -4.82. The van der Waals surface area contributed by atoms with E-state index in [0.717, 1.165) is 19.0 Å². The molecule has 0 spiro atoms. The van der Waals surface area contributed by atoms with Crippen molar-refractivity contribution in [1.29, 1.82) is 0 Å². The Morgan fingerprint density at radius 2 is 2.03 bits per heavy atom. The van der Waals surface area contributed by atoms with Crippen LogP contribution in [0.2, 0.25) is 0 Å². The Labute approximate surface area is 193 Å². The highest BCUT2D eigenvalue weighted by atomic mass is 32.2. The van der Waals surface area contributed by atoms with Gasteiger partial charge in [0.05, 0.1) is 0 Å². The summed E-state index contributed by atoms with van der Waals surface area (Å²) < 4.78 is 54.3. The Balaban J connectivity index is 1.76. The maximum Gasteiger partial charge on any atom is 0.431 e. The summed E-state index contributed by atoms with van der Waals surface area (Å²) in [5.74, 6) is -0.651. The first-order valence-electron chi connectivity index (χ1n) is 10.5. The zero-order chi connectivity index (χ0) is 24.2. The number of nitrogens with zero attached hydrogens (tertiary/aromatic N) is 1. The lowest BCUT2D eigenvalue weighted by molar-refractivity contribution is -0.140. The molecule has 1 atom stereocenters. The van der Waals surface area contributed by atoms with Crippen LogP contribution in [0.5, 0.6) is 5.75 Å². The van der Waals surface area contributed by atoms with Gasteiger partial charge in [-0.25, -0.2) is 4.31 Å². The SMILES string of the molecule is CC(C)SN1CCCOC(COc2ccc(-c3cc(C(N)=O)c(=O)[nH]c3C(F)(F)F)cc2)C1. The summed E-state index contributed by atoms with van der Waals surface area (Å²) in [4.78, 5) is 25.0. The molecule has 180 valence electrons. The van der Waals surface area contributed by atoms with Gasteiger partial charge in [-0.05, 0) is 30.2 Å². The minimum absolute atomic E-state index is 0.132. The third-order valence-electron chi connectivity index (χ3n) is 4.86. The summed E-state index contributed by atoms with van der Waals surface area (Å²) >= 11 is 1.77. The maximum absolute atomic E-state index is 13.5. The van der Waals surface area contributed by atoms with E-state index in [1.54, 1.807) is 16.9 Å². The van der Waals surface area contributed by atoms with E-state index in [0.29, 0.717) is 30.8 Å². The van der Waals surface area contributed by atoms with Gasteiger partial charge in [-0.15, -0.1) is 0 Å². The number of halogens is 3. The fraction of sp³-hybridized carbons (Fsp3) is 0.455. The molecule has 7 nitrogen and oxygen atoms in total. The van der Waals surface area contributed by atoms with Crippen molar-refractivity contribution < 1.29 is 27.4 Å². The summed E-state index contributed by atoms with van der Waals surface area (Å²) in [7, 11) is 0. The van der Waals surface area contributed by atoms with Gasteiger partial charge in [0.2, 0.25) is 0 Å². The number of aromatic nitrogens is 1. The Kier molecular flexibility index (Phi) is 8.09. The van der Waals surface area contributed by atoms with Gasteiger partial charge in [-0.3, -0.25) is 9.59 Å². The molecule has 33 heavy (non-hydrogen) atoms. The number of amides is 1. The highest BCUT2D eigenvalue weighted by Gasteiger charge is 2.36. The Morgan fingerprint density at radius 1 is 1.33 bits per heavy atom. The number of benzene rings is 1. The highest BCUT2D eigenvalue weighted by molar-refractivity contribution is 7.97. The third kappa shape index (κ3) is 6.75. The van der Waals surface area contributed by atoms with Crippen molar-refractivity contribution >= 4 is 17.9 Å². The third-order valence-corrected chi connectivity index (χ3v) is 5.92. The topological polar surface area (TPSA) is 97.6 Å². The fourth-order valence-electron chi connectivity index (χ4n) is 3.44. The molecule has 1 unspecified atom stereocenters. The zero-order valence-corrected chi connectivity index (χ0v) is 19.1. The molecule has 1 aliphatic heterocycles. The van der Waals surface area contributed by atoms with Crippen LogP contribution in [0.1, 0.15) is 36.3 Å². The van der Waals surface area contributed by atoms with Crippen LogP contribution in [0.3, 0.4) is 0 Å². The van der Waals surface area contributed by atoms with Crippen molar-refractivity contribution in [2.45, 2.75) is 37.8 Å². The first-order chi connectivity index (χ1) is 15.5. The summed E-state index contributed by atoms with van der Waals surface area (Å²) in [5, 5.41) is 0.460. The first-order valence-corrected chi connectivity index (χ1v) is 11.3. The number of alkyl halides is 3. The molecule has 0 radical (unpaired) electrons. The summed E-state index contributed by atoms with van der Waals surface area (Å²) in [6.07, 6.45) is -4.03. The predicted molar refractivity (Wildman–Crippen MR) is 120 cm³/mol. The summed E-state index contributed by atoms with van der Waals surface area (Å²) in [6.45, 7) is 6.83. The minimum Gasteiger partial charge on any atom is -0.491 e. The number of pyridine rings is 1. The van der Waals surface area contributed by atoms with Crippen molar-refractivity contribution in [3.05, 3.63) is 51.9 Å². The molecular weight excluding hydrogens is 459 g/mol. The number of nitrogens with one attached hydrogen (secondary N) is 1.